The van der Waals surface area contributed by atoms with E-state index in [9.17, 15) is 0 Å². The summed E-state index contributed by atoms with van der Waals surface area (Å²) in [6.45, 7) is 6.90. The highest BCUT2D eigenvalue weighted by Crippen LogP contribution is 2.42. The Hall–Kier alpha value is -3.32. The highest BCUT2D eigenvalue weighted by Gasteiger charge is 2.24. The van der Waals surface area contributed by atoms with Crippen molar-refractivity contribution in [3.8, 4) is 22.3 Å². The summed E-state index contributed by atoms with van der Waals surface area (Å²) in [5.74, 6) is 0. The Kier molecular flexibility index (Phi) is 4.06. The summed E-state index contributed by atoms with van der Waals surface area (Å²) < 4.78 is 2.54. The topological polar surface area (TPSA) is 4.93 Å². The molecule has 0 aliphatic carbocycles. The fourth-order valence-corrected chi connectivity index (χ4v) is 4.49. The van der Waals surface area contributed by atoms with Crippen LogP contribution in [0.25, 0.3) is 44.1 Å². The van der Waals surface area contributed by atoms with E-state index in [0.29, 0.717) is 0 Å². The zero-order chi connectivity index (χ0) is 20.0. The number of hydrogen-bond acceptors (Lipinski definition) is 0. The molecule has 0 saturated carbocycles. The quantitative estimate of drug-likeness (QED) is 0.296. The van der Waals surface area contributed by atoms with E-state index in [0.717, 1.165) is 0 Å². The van der Waals surface area contributed by atoms with E-state index < -0.39 is 0 Å². The fraction of sp³-hybridized carbons (Fsp3) is 0.143. The molecule has 0 N–H and O–H groups in total. The minimum absolute atomic E-state index is 0.0598. The first-order valence-electron chi connectivity index (χ1n) is 10.2. The average Bonchev–Trinajstić information content (AvgIpc) is 3.10. The van der Waals surface area contributed by atoms with E-state index in [1.807, 2.05) is 0 Å². The second-order valence-electron chi connectivity index (χ2n) is 8.64. The third-order valence-electron chi connectivity index (χ3n) is 5.65. The number of nitrogens with zero attached hydrogens (tertiary/aromatic N) is 1. The van der Waals surface area contributed by atoms with E-state index >= 15 is 0 Å². The van der Waals surface area contributed by atoms with Gasteiger partial charge in [0.2, 0.25) is 0 Å². The van der Waals surface area contributed by atoms with E-state index in [1.165, 1.54) is 44.1 Å². The molecule has 0 bridgehead atoms. The minimum atomic E-state index is -0.0598. The maximum Gasteiger partial charge on any atom is 0.0576 e. The zero-order valence-electron chi connectivity index (χ0n) is 17.2. The highest BCUT2D eigenvalue weighted by molar-refractivity contribution is 6.16. The molecule has 4 aromatic carbocycles. The van der Waals surface area contributed by atoms with Crippen LogP contribution in [0.4, 0.5) is 0 Å². The van der Waals surface area contributed by atoms with Gasteiger partial charge in [-0.05, 0) is 31.9 Å². The van der Waals surface area contributed by atoms with Gasteiger partial charge in [0, 0.05) is 27.4 Å². The van der Waals surface area contributed by atoms with Gasteiger partial charge < -0.3 is 4.57 Å². The van der Waals surface area contributed by atoms with Gasteiger partial charge in [0.1, 0.15) is 0 Å². The molecule has 0 saturated heterocycles. The van der Waals surface area contributed by atoms with Crippen molar-refractivity contribution in [1.82, 2.24) is 4.57 Å². The monoisotopic (exact) mass is 375 g/mol. The van der Waals surface area contributed by atoms with Crippen LogP contribution < -0.4 is 0 Å². The maximum atomic E-state index is 2.54. The lowest BCUT2D eigenvalue weighted by Crippen LogP contribution is -2.22. The molecule has 0 atom stereocenters. The predicted molar refractivity (Wildman–Crippen MR) is 125 cm³/mol. The standard InChI is InChI=1S/C28H25N/c1-28(2,3)29-26-22(20-12-6-4-7-13-20)16-10-18-24(26)25-19-11-17-23(27(25)29)21-14-8-5-9-15-21/h4-19H,1-3H3. The van der Waals surface area contributed by atoms with Gasteiger partial charge in [-0.1, -0.05) is 97.1 Å². The van der Waals surface area contributed by atoms with Crippen molar-refractivity contribution in [2.75, 3.05) is 0 Å². The first-order valence-corrected chi connectivity index (χ1v) is 10.2. The highest BCUT2D eigenvalue weighted by atomic mass is 15.1. The van der Waals surface area contributed by atoms with Crippen LogP contribution in [-0.2, 0) is 5.54 Å². The molecule has 0 aliphatic heterocycles. The van der Waals surface area contributed by atoms with Crippen LogP contribution in [0.2, 0.25) is 0 Å². The molecule has 0 aliphatic rings. The lowest BCUT2D eigenvalue weighted by atomic mass is 10.0. The summed E-state index contributed by atoms with van der Waals surface area (Å²) in [6, 6.07) is 34.9. The van der Waals surface area contributed by atoms with E-state index in [1.54, 1.807) is 0 Å². The molecule has 0 amide bonds. The summed E-state index contributed by atoms with van der Waals surface area (Å²) in [5.41, 5.74) is 7.64. The second-order valence-corrected chi connectivity index (χ2v) is 8.64. The van der Waals surface area contributed by atoms with Crippen molar-refractivity contribution < 1.29 is 0 Å². The lowest BCUT2D eigenvalue weighted by molar-refractivity contribution is 0.424. The molecule has 0 spiro atoms. The van der Waals surface area contributed by atoms with Crippen molar-refractivity contribution >= 4 is 21.8 Å². The van der Waals surface area contributed by atoms with Crippen LogP contribution in [0.1, 0.15) is 20.8 Å². The normalized spacial score (nSPS) is 12.0. The largest absolute Gasteiger partial charge is 0.334 e. The van der Waals surface area contributed by atoms with Crippen LogP contribution in [0.5, 0.6) is 0 Å². The van der Waals surface area contributed by atoms with Gasteiger partial charge in [0.25, 0.3) is 0 Å². The van der Waals surface area contributed by atoms with E-state index in [2.05, 4.69) is 122 Å². The van der Waals surface area contributed by atoms with Gasteiger partial charge in [-0.2, -0.15) is 0 Å². The Morgan fingerprint density at radius 3 is 1.28 bits per heavy atom. The number of aromatic nitrogens is 1. The molecule has 0 unspecified atom stereocenters. The average molecular weight is 376 g/mol. The Labute approximate surface area is 172 Å². The van der Waals surface area contributed by atoms with Crippen LogP contribution in [0, 0.1) is 0 Å². The molecule has 142 valence electrons. The molecular weight excluding hydrogens is 350 g/mol. The molecule has 29 heavy (non-hydrogen) atoms. The Morgan fingerprint density at radius 2 is 0.897 bits per heavy atom. The maximum absolute atomic E-state index is 2.54. The number of para-hydroxylation sites is 2. The fourth-order valence-electron chi connectivity index (χ4n) is 4.49. The first kappa shape index (κ1) is 17.8. The number of fused-ring (bicyclic) bond motifs is 3. The van der Waals surface area contributed by atoms with Crippen LogP contribution >= 0.6 is 0 Å². The number of benzene rings is 4. The Morgan fingerprint density at radius 1 is 0.483 bits per heavy atom. The Balaban J connectivity index is 2.00. The molecule has 0 fully saturated rings. The number of rotatable bonds is 2. The van der Waals surface area contributed by atoms with Crippen molar-refractivity contribution in [2.24, 2.45) is 0 Å². The van der Waals surface area contributed by atoms with E-state index in [4.69, 9.17) is 0 Å². The molecule has 5 rings (SSSR count). The molecule has 5 aromatic rings. The smallest absolute Gasteiger partial charge is 0.0576 e. The molecule has 1 heterocycles. The minimum Gasteiger partial charge on any atom is -0.334 e. The number of hydrogen-bond donors (Lipinski definition) is 0. The molecular formula is C28H25N. The van der Waals surface area contributed by atoms with Crippen molar-refractivity contribution in [1.29, 1.82) is 0 Å². The first-order chi connectivity index (χ1) is 14.1. The second kappa shape index (κ2) is 6.63. The lowest BCUT2D eigenvalue weighted by Gasteiger charge is -2.26. The summed E-state index contributed by atoms with van der Waals surface area (Å²) in [6.07, 6.45) is 0. The van der Waals surface area contributed by atoms with Crippen molar-refractivity contribution in [3.05, 3.63) is 97.1 Å². The third-order valence-corrected chi connectivity index (χ3v) is 5.65. The van der Waals surface area contributed by atoms with Crippen LogP contribution in [0.3, 0.4) is 0 Å². The molecule has 1 heteroatoms. The summed E-state index contributed by atoms with van der Waals surface area (Å²) >= 11 is 0. The van der Waals surface area contributed by atoms with Gasteiger partial charge in [-0.3, -0.25) is 0 Å². The van der Waals surface area contributed by atoms with Gasteiger partial charge in [0.05, 0.1) is 11.0 Å². The SMILES string of the molecule is CC(C)(C)n1c2c(-c3ccccc3)cccc2c2cccc(-c3ccccc3)c21. The van der Waals surface area contributed by atoms with Crippen LogP contribution in [-0.4, -0.2) is 4.57 Å². The molecule has 1 aromatic heterocycles. The zero-order valence-corrected chi connectivity index (χ0v) is 17.2. The summed E-state index contributed by atoms with van der Waals surface area (Å²) in [7, 11) is 0. The predicted octanol–water partition coefficient (Wildman–Crippen LogP) is 7.88. The Bertz CT molecular complexity index is 1210. The molecule has 0 radical (unpaired) electrons. The van der Waals surface area contributed by atoms with Gasteiger partial charge >= 0.3 is 0 Å². The summed E-state index contributed by atoms with van der Waals surface area (Å²) in [4.78, 5) is 0. The molecule has 1 nitrogen and oxygen atoms in total. The van der Waals surface area contributed by atoms with E-state index in [-0.39, 0.29) is 5.54 Å². The third kappa shape index (κ3) is 2.86. The van der Waals surface area contributed by atoms with Crippen LogP contribution in [0.15, 0.2) is 97.1 Å². The van der Waals surface area contributed by atoms with Gasteiger partial charge in [-0.15, -0.1) is 0 Å². The van der Waals surface area contributed by atoms with Gasteiger partial charge in [-0.25, -0.2) is 0 Å². The van der Waals surface area contributed by atoms with Crippen molar-refractivity contribution in [3.63, 3.8) is 0 Å². The van der Waals surface area contributed by atoms with Crippen molar-refractivity contribution in [2.45, 2.75) is 26.3 Å². The summed E-state index contributed by atoms with van der Waals surface area (Å²) in [5, 5.41) is 2.63. The van der Waals surface area contributed by atoms with Gasteiger partial charge in [0.15, 0.2) is 0 Å².